The smallest absolute Gasteiger partial charge is 0.180 e. The highest BCUT2D eigenvalue weighted by Gasteiger charge is 2.14. The molecular weight excluding hydrogens is 388 g/mol. The molecule has 31 heavy (non-hydrogen) atoms. The molecule has 7 nitrogen and oxygen atoms in total. The van der Waals surface area contributed by atoms with Crippen LogP contribution in [-0.4, -0.2) is 46.9 Å². The van der Waals surface area contributed by atoms with E-state index in [-0.39, 0.29) is 0 Å². The largest absolute Gasteiger partial charge is 0.378 e. The number of ether oxygens (including phenoxy) is 1. The Hall–Kier alpha value is -3.71. The Morgan fingerprint density at radius 1 is 1.00 bits per heavy atom. The van der Waals surface area contributed by atoms with E-state index in [1.165, 1.54) is 16.8 Å². The van der Waals surface area contributed by atoms with Gasteiger partial charge in [-0.15, -0.1) is 0 Å². The summed E-state index contributed by atoms with van der Waals surface area (Å²) in [5.41, 5.74) is 7.36. The maximum atomic E-state index is 5.45. The predicted octanol–water partition coefficient (Wildman–Crippen LogP) is 3.91. The van der Waals surface area contributed by atoms with Gasteiger partial charge in [0.15, 0.2) is 11.5 Å². The third kappa shape index (κ3) is 3.43. The Kier molecular flexibility index (Phi) is 4.39. The van der Waals surface area contributed by atoms with Crippen LogP contribution in [-0.2, 0) is 11.3 Å². The number of nitrogens with zero attached hydrogens (tertiary/aromatic N) is 5. The first-order valence-corrected chi connectivity index (χ1v) is 10.5. The minimum Gasteiger partial charge on any atom is -0.378 e. The van der Waals surface area contributed by atoms with Gasteiger partial charge in [0.1, 0.15) is 0 Å². The molecule has 0 radical (unpaired) electrons. The van der Waals surface area contributed by atoms with Crippen molar-refractivity contribution in [3.63, 3.8) is 0 Å². The van der Waals surface area contributed by atoms with E-state index in [9.17, 15) is 0 Å². The number of fused-ring (bicyclic) bond motifs is 2. The Labute approximate surface area is 180 Å². The normalized spacial score (nSPS) is 15.4. The summed E-state index contributed by atoms with van der Waals surface area (Å²) >= 11 is 0. The number of hydrogen-bond donors (Lipinski definition) is 1. The highest BCUT2D eigenvalue weighted by Crippen LogP contribution is 2.28. The summed E-state index contributed by atoms with van der Waals surface area (Å²) in [6.45, 7) is 4.18. The maximum absolute atomic E-state index is 5.45. The lowest BCUT2D eigenvalue weighted by Crippen LogP contribution is -2.36. The van der Waals surface area contributed by atoms with Gasteiger partial charge < -0.3 is 19.4 Å². The Morgan fingerprint density at radius 2 is 1.87 bits per heavy atom. The summed E-state index contributed by atoms with van der Waals surface area (Å²) < 4.78 is 7.46. The van der Waals surface area contributed by atoms with E-state index in [0.29, 0.717) is 0 Å². The van der Waals surface area contributed by atoms with Crippen molar-refractivity contribution in [1.82, 2.24) is 14.4 Å². The fourth-order valence-corrected chi connectivity index (χ4v) is 4.13. The van der Waals surface area contributed by atoms with Crippen LogP contribution < -0.4 is 10.2 Å². The van der Waals surface area contributed by atoms with Crippen LogP contribution in [0.5, 0.6) is 0 Å². The topological polar surface area (TPSA) is 67.0 Å². The van der Waals surface area contributed by atoms with Crippen LogP contribution >= 0.6 is 0 Å². The van der Waals surface area contributed by atoms with E-state index in [4.69, 9.17) is 9.72 Å². The molecule has 0 saturated carbocycles. The molecule has 6 rings (SSSR count). The third-order valence-corrected chi connectivity index (χ3v) is 5.81. The molecule has 0 spiro atoms. The molecule has 2 aromatic carbocycles. The highest BCUT2D eigenvalue weighted by molar-refractivity contribution is 5.87. The van der Waals surface area contributed by atoms with Crippen LogP contribution in [0.25, 0.3) is 16.9 Å². The van der Waals surface area contributed by atoms with Crippen molar-refractivity contribution >= 4 is 29.1 Å². The van der Waals surface area contributed by atoms with Crippen LogP contribution in [0.1, 0.15) is 11.1 Å². The van der Waals surface area contributed by atoms with Crippen molar-refractivity contribution in [3.8, 4) is 11.3 Å². The number of anilines is 3. The fourth-order valence-electron chi connectivity index (χ4n) is 4.13. The number of morpholine rings is 1. The number of imidazole rings is 1. The molecule has 2 aromatic heterocycles. The highest BCUT2D eigenvalue weighted by atomic mass is 16.5. The summed E-state index contributed by atoms with van der Waals surface area (Å²) in [6.07, 6.45) is 7.69. The second-order valence-corrected chi connectivity index (χ2v) is 7.79. The van der Waals surface area contributed by atoms with Crippen molar-refractivity contribution in [1.29, 1.82) is 0 Å². The van der Waals surface area contributed by atoms with Crippen LogP contribution in [0.2, 0.25) is 0 Å². The van der Waals surface area contributed by atoms with Gasteiger partial charge in [0.05, 0.1) is 25.5 Å². The predicted molar refractivity (Wildman–Crippen MR) is 122 cm³/mol. The minimum atomic E-state index is 0.732. The van der Waals surface area contributed by atoms with Gasteiger partial charge in [-0.1, -0.05) is 12.1 Å². The SMILES string of the molecule is C1=NCc2ccc(-c3cn4ccnc4c(Nc4ccc(N5CCOCC5)cc4)n3)cc21. The van der Waals surface area contributed by atoms with Gasteiger partial charge in [-0.2, -0.15) is 0 Å². The Balaban J connectivity index is 1.32. The molecule has 0 unspecified atom stereocenters. The second-order valence-electron chi connectivity index (χ2n) is 7.79. The number of benzene rings is 2. The number of aromatic nitrogens is 3. The van der Waals surface area contributed by atoms with Crippen molar-refractivity contribution in [2.24, 2.45) is 4.99 Å². The van der Waals surface area contributed by atoms with Crippen molar-refractivity contribution < 1.29 is 4.74 Å². The molecule has 1 fully saturated rings. The van der Waals surface area contributed by atoms with Gasteiger partial charge in [-0.25, -0.2) is 9.97 Å². The molecule has 0 atom stereocenters. The number of rotatable bonds is 4. The first-order valence-electron chi connectivity index (χ1n) is 10.5. The lowest BCUT2D eigenvalue weighted by Gasteiger charge is -2.28. The van der Waals surface area contributed by atoms with Crippen molar-refractivity contribution in [2.75, 3.05) is 36.5 Å². The number of hydrogen-bond acceptors (Lipinski definition) is 6. The molecule has 1 saturated heterocycles. The summed E-state index contributed by atoms with van der Waals surface area (Å²) in [4.78, 5) is 16.1. The quantitative estimate of drug-likeness (QED) is 0.553. The Bertz CT molecular complexity index is 1270. The maximum Gasteiger partial charge on any atom is 0.180 e. The molecule has 0 aliphatic carbocycles. The van der Waals surface area contributed by atoms with Gasteiger partial charge in [-0.05, 0) is 41.5 Å². The van der Waals surface area contributed by atoms with Crippen LogP contribution in [0, 0.1) is 0 Å². The van der Waals surface area contributed by atoms with Crippen LogP contribution in [0.15, 0.2) is 66.0 Å². The summed E-state index contributed by atoms with van der Waals surface area (Å²) in [7, 11) is 0. The molecule has 7 heteroatoms. The first kappa shape index (κ1) is 18.1. The fraction of sp³-hybridized carbons (Fsp3) is 0.208. The van der Waals surface area contributed by atoms with E-state index in [2.05, 4.69) is 62.7 Å². The second kappa shape index (κ2) is 7.52. The Morgan fingerprint density at radius 3 is 2.74 bits per heavy atom. The van der Waals surface area contributed by atoms with E-state index in [1.807, 2.05) is 23.0 Å². The standard InChI is InChI=1S/C24H22N6O/c1-2-18-14-25-15-19(18)13-17(1)22-16-30-8-7-26-24(30)23(28-22)27-20-3-5-21(6-4-20)29-9-11-31-12-10-29/h1-8,13,15-16H,9-12,14H2,(H,27,28). The van der Waals surface area contributed by atoms with Crippen molar-refractivity contribution in [2.45, 2.75) is 6.54 Å². The molecule has 2 aliphatic rings. The molecule has 0 bridgehead atoms. The zero-order chi connectivity index (χ0) is 20.6. The van der Waals surface area contributed by atoms with E-state index < -0.39 is 0 Å². The van der Waals surface area contributed by atoms with Gasteiger partial charge in [0.2, 0.25) is 0 Å². The average Bonchev–Trinajstić information content (AvgIpc) is 3.49. The van der Waals surface area contributed by atoms with Gasteiger partial charge >= 0.3 is 0 Å². The molecular formula is C24H22N6O. The molecule has 2 aliphatic heterocycles. The van der Waals surface area contributed by atoms with Crippen LogP contribution in [0.3, 0.4) is 0 Å². The summed E-state index contributed by atoms with van der Waals surface area (Å²) in [5.74, 6) is 0.732. The van der Waals surface area contributed by atoms with Gasteiger partial charge in [0, 0.05) is 54.8 Å². The third-order valence-electron chi connectivity index (χ3n) is 5.81. The minimum absolute atomic E-state index is 0.732. The van der Waals surface area contributed by atoms with Gasteiger partial charge in [0.25, 0.3) is 0 Å². The lowest BCUT2D eigenvalue weighted by atomic mass is 10.0. The first-order chi connectivity index (χ1) is 15.3. The van der Waals surface area contributed by atoms with Crippen molar-refractivity contribution in [3.05, 3.63) is 72.2 Å². The zero-order valence-corrected chi connectivity index (χ0v) is 17.0. The summed E-state index contributed by atoms with van der Waals surface area (Å²) in [5, 5.41) is 3.46. The van der Waals surface area contributed by atoms with Crippen LogP contribution in [0.4, 0.5) is 17.2 Å². The molecule has 4 heterocycles. The molecule has 4 aromatic rings. The number of nitrogens with one attached hydrogen (secondary N) is 1. The zero-order valence-electron chi connectivity index (χ0n) is 17.0. The van der Waals surface area contributed by atoms with E-state index in [1.54, 1.807) is 6.20 Å². The molecule has 0 amide bonds. The lowest BCUT2D eigenvalue weighted by molar-refractivity contribution is 0.122. The molecule has 1 N–H and O–H groups in total. The molecule has 154 valence electrons. The summed E-state index contributed by atoms with van der Waals surface area (Å²) in [6, 6.07) is 14.8. The van der Waals surface area contributed by atoms with E-state index in [0.717, 1.165) is 61.3 Å². The number of aliphatic imine (C=N–C) groups is 1. The van der Waals surface area contributed by atoms with E-state index >= 15 is 0 Å². The average molecular weight is 410 g/mol. The van der Waals surface area contributed by atoms with Gasteiger partial charge in [-0.3, -0.25) is 4.99 Å². The monoisotopic (exact) mass is 410 g/mol.